The van der Waals surface area contributed by atoms with E-state index in [2.05, 4.69) is 49.7 Å². The van der Waals surface area contributed by atoms with Gasteiger partial charge in [0.05, 0.1) is 5.69 Å². The zero-order chi connectivity index (χ0) is 14.0. The molecule has 0 amide bonds. The molecule has 1 heterocycles. The molecule has 0 radical (unpaired) electrons. The fraction of sp³-hybridized carbons (Fsp3) is 0.812. The van der Waals surface area contributed by atoms with Crippen molar-refractivity contribution in [2.75, 3.05) is 6.54 Å². The smallest absolute Gasteiger partial charge is 0.0644 e. The van der Waals surface area contributed by atoms with E-state index in [1.165, 1.54) is 42.6 Å². The van der Waals surface area contributed by atoms with Crippen LogP contribution in [-0.2, 0) is 6.54 Å². The van der Waals surface area contributed by atoms with Crippen molar-refractivity contribution in [2.24, 2.45) is 5.41 Å². The lowest BCUT2D eigenvalue weighted by atomic mass is 9.67. The van der Waals surface area contributed by atoms with E-state index in [-0.39, 0.29) is 0 Å². The molecule has 1 fully saturated rings. The van der Waals surface area contributed by atoms with Crippen molar-refractivity contribution in [3.8, 4) is 0 Å². The monoisotopic (exact) mass is 263 g/mol. The van der Waals surface area contributed by atoms with Gasteiger partial charge in [0.2, 0.25) is 0 Å². The second-order valence-corrected chi connectivity index (χ2v) is 6.21. The molecule has 2 rings (SSSR count). The van der Waals surface area contributed by atoms with Crippen LogP contribution in [0.3, 0.4) is 0 Å². The highest BCUT2D eigenvalue weighted by atomic mass is 15.3. The van der Waals surface area contributed by atoms with Gasteiger partial charge in [0.15, 0.2) is 0 Å². The average molecular weight is 263 g/mol. The van der Waals surface area contributed by atoms with Crippen LogP contribution in [0.1, 0.15) is 69.4 Å². The molecule has 0 bridgehead atoms. The molecule has 1 N–H and O–H groups in total. The molecule has 0 spiro atoms. The lowest BCUT2D eigenvalue weighted by molar-refractivity contribution is 0.120. The van der Waals surface area contributed by atoms with Crippen molar-refractivity contribution in [3.05, 3.63) is 17.0 Å². The van der Waals surface area contributed by atoms with Crippen LogP contribution in [0.2, 0.25) is 0 Å². The van der Waals surface area contributed by atoms with Gasteiger partial charge < -0.3 is 5.32 Å². The Kier molecular flexibility index (Phi) is 4.34. The zero-order valence-electron chi connectivity index (χ0n) is 13.2. The Bertz CT molecular complexity index is 424. The maximum Gasteiger partial charge on any atom is 0.0644 e. The normalized spacial score (nSPS) is 19.2. The van der Waals surface area contributed by atoms with Crippen LogP contribution in [0.5, 0.6) is 0 Å². The molecule has 1 aromatic heterocycles. The van der Waals surface area contributed by atoms with Gasteiger partial charge in [-0.15, -0.1) is 0 Å². The number of hydrogen-bond acceptors (Lipinski definition) is 2. The van der Waals surface area contributed by atoms with E-state index in [1.54, 1.807) is 0 Å². The Hall–Kier alpha value is -0.830. The average Bonchev–Trinajstić information content (AvgIpc) is 2.63. The van der Waals surface area contributed by atoms with Gasteiger partial charge in [-0.2, -0.15) is 5.10 Å². The van der Waals surface area contributed by atoms with Crippen molar-refractivity contribution in [1.29, 1.82) is 0 Å². The number of aromatic nitrogens is 2. The molecule has 1 unspecified atom stereocenters. The minimum absolute atomic E-state index is 0.407. The van der Waals surface area contributed by atoms with Crippen molar-refractivity contribution < 1.29 is 0 Å². The van der Waals surface area contributed by atoms with Crippen molar-refractivity contribution >= 4 is 0 Å². The van der Waals surface area contributed by atoms with Gasteiger partial charge in [0.25, 0.3) is 0 Å². The third kappa shape index (κ3) is 2.71. The molecule has 1 aromatic rings. The fourth-order valence-corrected chi connectivity index (χ4v) is 3.45. The molecule has 1 aliphatic carbocycles. The topological polar surface area (TPSA) is 29.9 Å². The predicted molar refractivity (Wildman–Crippen MR) is 80.4 cm³/mol. The quantitative estimate of drug-likeness (QED) is 0.847. The fourth-order valence-electron chi connectivity index (χ4n) is 3.45. The maximum absolute atomic E-state index is 4.63. The van der Waals surface area contributed by atoms with Gasteiger partial charge in [-0.3, -0.25) is 4.68 Å². The first-order valence-corrected chi connectivity index (χ1v) is 7.80. The molecular formula is C16H29N3. The highest BCUT2D eigenvalue weighted by Gasteiger charge is 2.35. The summed E-state index contributed by atoms with van der Waals surface area (Å²) in [4.78, 5) is 0. The van der Waals surface area contributed by atoms with Crippen LogP contribution in [0.4, 0.5) is 0 Å². The second kappa shape index (κ2) is 5.66. The summed E-state index contributed by atoms with van der Waals surface area (Å²) in [5, 5.41) is 8.38. The summed E-state index contributed by atoms with van der Waals surface area (Å²) in [6, 6.07) is 0.407. The maximum atomic E-state index is 4.63. The van der Waals surface area contributed by atoms with Gasteiger partial charge in [-0.1, -0.05) is 13.3 Å². The SMILES string of the molecule is CCn1nc(C)c(C(C)NCC2(CC)CCC2)c1C. The third-order valence-electron chi connectivity index (χ3n) is 5.12. The van der Waals surface area contributed by atoms with E-state index < -0.39 is 0 Å². The highest BCUT2D eigenvalue weighted by Crippen LogP contribution is 2.43. The largest absolute Gasteiger partial charge is 0.310 e. The molecule has 0 saturated heterocycles. The molecule has 19 heavy (non-hydrogen) atoms. The first-order valence-electron chi connectivity index (χ1n) is 7.80. The van der Waals surface area contributed by atoms with E-state index >= 15 is 0 Å². The summed E-state index contributed by atoms with van der Waals surface area (Å²) in [7, 11) is 0. The molecule has 1 saturated carbocycles. The van der Waals surface area contributed by atoms with E-state index in [0.717, 1.165) is 13.1 Å². The third-order valence-corrected chi connectivity index (χ3v) is 5.12. The molecule has 3 nitrogen and oxygen atoms in total. The predicted octanol–water partition coefficient (Wildman–Crippen LogP) is 3.75. The number of hydrogen-bond donors (Lipinski definition) is 1. The molecule has 0 aliphatic heterocycles. The lowest BCUT2D eigenvalue weighted by Crippen LogP contribution is -2.40. The van der Waals surface area contributed by atoms with E-state index in [1.807, 2.05) is 0 Å². The summed E-state index contributed by atoms with van der Waals surface area (Å²) in [5.41, 5.74) is 4.47. The number of nitrogens with one attached hydrogen (secondary N) is 1. The van der Waals surface area contributed by atoms with Crippen LogP contribution in [0.25, 0.3) is 0 Å². The first kappa shape index (κ1) is 14.6. The lowest BCUT2D eigenvalue weighted by Gasteiger charge is -2.42. The Balaban J connectivity index is 2.03. The molecule has 1 atom stereocenters. The summed E-state index contributed by atoms with van der Waals surface area (Å²) < 4.78 is 2.11. The Labute approximate surface area is 117 Å². The summed E-state index contributed by atoms with van der Waals surface area (Å²) in [5.74, 6) is 0. The first-order chi connectivity index (χ1) is 9.03. The van der Waals surface area contributed by atoms with Crippen molar-refractivity contribution in [3.63, 3.8) is 0 Å². The minimum atomic E-state index is 0.407. The van der Waals surface area contributed by atoms with E-state index in [0.29, 0.717) is 11.5 Å². The Morgan fingerprint density at radius 3 is 2.42 bits per heavy atom. The van der Waals surface area contributed by atoms with Crippen LogP contribution < -0.4 is 5.32 Å². The molecule has 108 valence electrons. The van der Waals surface area contributed by atoms with Gasteiger partial charge >= 0.3 is 0 Å². The number of rotatable bonds is 6. The standard InChI is InChI=1S/C16H29N3/c1-6-16(9-8-10-16)11-17-12(3)15-13(4)18-19(7-2)14(15)5/h12,17H,6-11H2,1-5H3. The van der Waals surface area contributed by atoms with E-state index in [4.69, 9.17) is 0 Å². The van der Waals surface area contributed by atoms with Crippen molar-refractivity contribution in [1.82, 2.24) is 15.1 Å². The van der Waals surface area contributed by atoms with Gasteiger partial charge in [0, 0.05) is 30.4 Å². The highest BCUT2D eigenvalue weighted by molar-refractivity contribution is 5.27. The number of aryl methyl sites for hydroxylation is 2. The van der Waals surface area contributed by atoms with Crippen molar-refractivity contribution in [2.45, 2.75) is 72.9 Å². The van der Waals surface area contributed by atoms with Crippen LogP contribution in [0, 0.1) is 19.3 Å². The summed E-state index contributed by atoms with van der Waals surface area (Å²) in [6.45, 7) is 13.2. The Morgan fingerprint density at radius 2 is 2.00 bits per heavy atom. The molecule has 3 heteroatoms. The summed E-state index contributed by atoms with van der Waals surface area (Å²) in [6.07, 6.45) is 5.51. The van der Waals surface area contributed by atoms with Crippen LogP contribution >= 0.6 is 0 Å². The molecular weight excluding hydrogens is 234 g/mol. The van der Waals surface area contributed by atoms with Crippen LogP contribution in [-0.4, -0.2) is 16.3 Å². The van der Waals surface area contributed by atoms with Crippen LogP contribution in [0.15, 0.2) is 0 Å². The molecule has 1 aliphatic rings. The summed E-state index contributed by atoms with van der Waals surface area (Å²) >= 11 is 0. The van der Waals surface area contributed by atoms with Gasteiger partial charge in [0.1, 0.15) is 0 Å². The second-order valence-electron chi connectivity index (χ2n) is 6.21. The van der Waals surface area contributed by atoms with Gasteiger partial charge in [-0.25, -0.2) is 0 Å². The molecule has 0 aromatic carbocycles. The number of nitrogens with zero attached hydrogens (tertiary/aromatic N) is 2. The Morgan fingerprint density at radius 1 is 1.32 bits per heavy atom. The zero-order valence-corrected chi connectivity index (χ0v) is 13.2. The minimum Gasteiger partial charge on any atom is -0.310 e. The van der Waals surface area contributed by atoms with E-state index in [9.17, 15) is 0 Å². The van der Waals surface area contributed by atoms with Gasteiger partial charge in [-0.05, 0) is 52.4 Å².